The molecule has 2 aromatic rings. The van der Waals surface area contributed by atoms with E-state index in [1.165, 1.54) is 0 Å². The van der Waals surface area contributed by atoms with Gasteiger partial charge in [-0.15, -0.1) is 0 Å². The summed E-state index contributed by atoms with van der Waals surface area (Å²) in [4.78, 5) is 23.3. The normalized spacial score (nSPS) is 12.6. The van der Waals surface area contributed by atoms with Crippen molar-refractivity contribution < 1.29 is 14.7 Å². The molecule has 1 aromatic carbocycles. The number of carboxylic acids is 1. The van der Waals surface area contributed by atoms with Crippen LogP contribution in [0.25, 0.3) is 10.9 Å². The van der Waals surface area contributed by atoms with Crippen LogP contribution in [-0.4, -0.2) is 33.2 Å². The van der Waals surface area contributed by atoms with Gasteiger partial charge in [0.25, 0.3) is 5.91 Å². The van der Waals surface area contributed by atoms with E-state index in [1.54, 1.807) is 12.1 Å². The monoisotopic (exact) mass is 275 g/mol. The Hall–Kier alpha value is -2.37. The number of para-hydroxylation sites is 1. The molecule has 0 aliphatic rings. The maximum absolute atomic E-state index is 12.2. The summed E-state index contributed by atoms with van der Waals surface area (Å²) in [5, 5.41) is 19.1. The Kier molecular flexibility index (Phi) is 4.02. The third kappa shape index (κ3) is 2.96. The van der Waals surface area contributed by atoms with Crippen molar-refractivity contribution in [3.63, 3.8) is 0 Å². The Morgan fingerprint density at radius 1 is 1.35 bits per heavy atom. The maximum atomic E-state index is 12.2. The van der Waals surface area contributed by atoms with E-state index in [2.05, 4.69) is 15.5 Å². The number of aromatic nitrogens is 2. The lowest BCUT2D eigenvalue weighted by molar-refractivity contribution is -0.139. The minimum Gasteiger partial charge on any atom is -0.480 e. The molecule has 0 aliphatic carbocycles. The van der Waals surface area contributed by atoms with E-state index in [0.29, 0.717) is 11.8 Å². The molecule has 1 amide bonds. The van der Waals surface area contributed by atoms with Crippen molar-refractivity contribution >= 4 is 22.8 Å². The van der Waals surface area contributed by atoms with E-state index in [1.807, 2.05) is 26.0 Å². The van der Waals surface area contributed by atoms with E-state index in [9.17, 15) is 9.59 Å². The number of amides is 1. The van der Waals surface area contributed by atoms with Gasteiger partial charge in [-0.05, 0) is 18.4 Å². The highest BCUT2D eigenvalue weighted by Gasteiger charge is 2.23. The average Bonchev–Trinajstić information content (AvgIpc) is 2.81. The minimum absolute atomic E-state index is 0.173. The van der Waals surface area contributed by atoms with E-state index in [0.717, 1.165) is 5.52 Å². The first kappa shape index (κ1) is 14.0. The second kappa shape index (κ2) is 5.73. The Labute approximate surface area is 116 Å². The fraction of sp³-hybridized carbons (Fsp3) is 0.357. The van der Waals surface area contributed by atoms with Crippen LogP contribution in [-0.2, 0) is 4.79 Å². The molecular weight excluding hydrogens is 258 g/mol. The third-order valence-electron chi connectivity index (χ3n) is 3.00. The summed E-state index contributed by atoms with van der Waals surface area (Å²) in [6, 6.07) is 6.31. The number of benzene rings is 1. The Morgan fingerprint density at radius 2 is 2.05 bits per heavy atom. The number of nitrogens with zero attached hydrogens (tertiary/aromatic N) is 1. The number of rotatable bonds is 5. The summed E-state index contributed by atoms with van der Waals surface area (Å²) in [5.41, 5.74) is 0.962. The van der Waals surface area contributed by atoms with Gasteiger partial charge in [0.05, 0.1) is 5.52 Å². The molecule has 2 rings (SSSR count). The van der Waals surface area contributed by atoms with Crippen LogP contribution in [0.5, 0.6) is 0 Å². The predicted octanol–water partition coefficient (Wildman–Crippen LogP) is 1.79. The Bertz CT molecular complexity index is 633. The van der Waals surface area contributed by atoms with Gasteiger partial charge in [0.1, 0.15) is 6.04 Å². The highest BCUT2D eigenvalue weighted by molar-refractivity contribution is 6.05. The Balaban J connectivity index is 2.20. The molecule has 0 saturated heterocycles. The first-order valence-electron chi connectivity index (χ1n) is 6.45. The second-order valence-corrected chi connectivity index (χ2v) is 5.11. The molecule has 1 atom stereocenters. The van der Waals surface area contributed by atoms with Gasteiger partial charge < -0.3 is 10.4 Å². The van der Waals surface area contributed by atoms with Gasteiger partial charge in [-0.25, -0.2) is 4.79 Å². The Morgan fingerprint density at radius 3 is 2.70 bits per heavy atom. The van der Waals surface area contributed by atoms with Gasteiger partial charge in [-0.2, -0.15) is 5.10 Å². The van der Waals surface area contributed by atoms with Crippen molar-refractivity contribution in [2.45, 2.75) is 26.3 Å². The molecule has 0 spiro atoms. The fourth-order valence-electron chi connectivity index (χ4n) is 2.06. The molecule has 0 fully saturated rings. The fourth-order valence-corrected chi connectivity index (χ4v) is 2.06. The summed E-state index contributed by atoms with van der Waals surface area (Å²) < 4.78 is 0. The van der Waals surface area contributed by atoms with Crippen molar-refractivity contribution in [1.29, 1.82) is 0 Å². The third-order valence-corrected chi connectivity index (χ3v) is 3.00. The number of carbonyl (C=O) groups is 2. The molecular formula is C14H17N3O3. The molecule has 6 heteroatoms. The van der Waals surface area contributed by atoms with Crippen LogP contribution in [0.1, 0.15) is 30.8 Å². The van der Waals surface area contributed by atoms with Gasteiger partial charge in [0.2, 0.25) is 0 Å². The van der Waals surface area contributed by atoms with E-state index in [4.69, 9.17) is 5.11 Å². The zero-order valence-corrected chi connectivity index (χ0v) is 11.4. The van der Waals surface area contributed by atoms with Gasteiger partial charge in [-0.3, -0.25) is 9.89 Å². The maximum Gasteiger partial charge on any atom is 0.326 e. The lowest BCUT2D eigenvalue weighted by atomic mass is 10.0. The summed E-state index contributed by atoms with van der Waals surface area (Å²) in [6.45, 7) is 3.82. The van der Waals surface area contributed by atoms with Gasteiger partial charge >= 0.3 is 5.97 Å². The number of fused-ring (bicyclic) bond motifs is 1. The number of aromatic amines is 1. The molecule has 0 radical (unpaired) electrons. The largest absolute Gasteiger partial charge is 0.480 e. The number of hydrogen-bond acceptors (Lipinski definition) is 3. The van der Waals surface area contributed by atoms with E-state index < -0.39 is 17.9 Å². The van der Waals surface area contributed by atoms with Crippen molar-refractivity contribution in [2.24, 2.45) is 5.92 Å². The topological polar surface area (TPSA) is 95.1 Å². The standard InChI is InChI=1S/C14H17N3O3/c1-8(2)7-11(14(19)20)15-13(18)12-9-5-3-4-6-10(9)16-17-12/h3-6,8,11H,7H2,1-2H3,(H,15,18)(H,16,17)(H,19,20)/t11-/m1/s1. The first-order valence-corrected chi connectivity index (χ1v) is 6.45. The van der Waals surface area contributed by atoms with Crippen LogP contribution >= 0.6 is 0 Å². The zero-order valence-electron chi connectivity index (χ0n) is 11.4. The van der Waals surface area contributed by atoms with Crippen LogP contribution in [0.15, 0.2) is 24.3 Å². The van der Waals surface area contributed by atoms with Gasteiger partial charge in [0.15, 0.2) is 5.69 Å². The quantitative estimate of drug-likeness (QED) is 0.775. The average molecular weight is 275 g/mol. The molecule has 0 saturated carbocycles. The summed E-state index contributed by atoms with van der Waals surface area (Å²) in [6.07, 6.45) is 0.378. The van der Waals surface area contributed by atoms with Crippen molar-refractivity contribution in [3.8, 4) is 0 Å². The van der Waals surface area contributed by atoms with Crippen LogP contribution in [0.2, 0.25) is 0 Å². The molecule has 3 N–H and O–H groups in total. The lowest BCUT2D eigenvalue weighted by Crippen LogP contribution is -2.41. The molecule has 20 heavy (non-hydrogen) atoms. The molecule has 1 heterocycles. The predicted molar refractivity (Wildman–Crippen MR) is 74.4 cm³/mol. The summed E-state index contributed by atoms with van der Waals surface area (Å²) in [5.74, 6) is -1.34. The van der Waals surface area contributed by atoms with Crippen molar-refractivity contribution in [3.05, 3.63) is 30.0 Å². The van der Waals surface area contributed by atoms with Crippen LogP contribution in [0.3, 0.4) is 0 Å². The zero-order chi connectivity index (χ0) is 14.7. The highest BCUT2D eigenvalue weighted by atomic mass is 16.4. The van der Waals surface area contributed by atoms with E-state index >= 15 is 0 Å². The van der Waals surface area contributed by atoms with Gasteiger partial charge in [-0.1, -0.05) is 32.0 Å². The molecule has 0 aliphatic heterocycles. The summed E-state index contributed by atoms with van der Waals surface area (Å²) in [7, 11) is 0. The van der Waals surface area contributed by atoms with Crippen LogP contribution in [0.4, 0.5) is 0 Å². The van der Waals surface area contributed by atoms with Gasteiger partial charge in [0, 0.05) is 5.39 Å². The molecule has 106 valence electrons. The number of carbonyl (C=O) groups excluding carboxylic acids is 1. The van der Waals surface area contributed by atoms with Crippen molar-refractivity contribution in [2.75, 3.05) is 0 Å². The van der Waals surface area contributed by atoms with Crippen LogP contribution in [0, 0.1) is 5.92 Å². The van der Waals surface area contributed by atoms with Crippen LogP contribution < -0.4 is 5.32 Å². The number of carboxylic acid groups (broad SMARTS) is 1. The smallest absolute Gasteiger partial charge is 0.326 e. The molecule has 1 aromatic heterocycles. The van der Waals surface area contributed by atoms with Crippen molar-refractivity contribution in [1.82, 2.24) is 15.5 Å². The number of aliphatic carboxylic acids is 1. The molecule has 0 bridgehead atoms. The number of nitrogens with one attached hydrogen (secondary N) is 2. The lowest BCUT2D eigenvalue weighted by Gasteiger charge is -2.15. The SMILES string of the molecule is CC(C)C[C@@H](NC(=O)c1n[nH]c2ccccc12)C(=O)O. The minimum atomic E-state index is -1.04. The second-order valence-electron chi connectivity index (χ2n) is 5.11. The molecule has 0 unspecified atom stereocenters. The number of hydrogen-bond donors (Lipinski definition) is 3. The van der Waals surface area contributed by atoms with E-state index in [-0.39, 0.29) is 11.6 Å². The molecule has 6 nitrogen and oxygen atoms in total. The highest BCUT2D eigenvalue weighted by Crippen LogP contribution is 2.15. The first-order chi connectivity index (χ1) is 9.49. The summed E-state index contributed by atoms with van der Waals surface area (Å²) >= 11 is 0. The number of H-pyrrole nitrogens is 1.